The van der Waals surface area contributed by atoms with Crippen molar-refractivity contribution in [1.29, 1.82) is 0 Å². The SMILES string of the molecule is Cc1cc(CNC2CCC(C)CC2C)c(C)s1. The Morgan fingerprint density at radius 1 is 1.29 bits per heavy atom. The Hall–Kier alpha value is -0.340. The lowest BCUT2D eigenvalue weighted by atomic mass is 9.80. The second-order valence-electron chi connectivity index (χ2n) is 5.82. The third-order valence-electron chi connectivity index (χ3n) is 4.13. The molecule has 1 nitrogen and oxygen atoms in total. The average molecular weight is 251 g/mol. The first-order valence-corrected chi connectivity index (χ1v) is 7.67. The quantitative estimate of drug-likeness (QED) is 0.845. The summed E-state index contributed by atoms with van der Waals surface area (Å²) in [6, 6.07) is 3.06. The minimum absolute atomic E-state index is 0.728. The van der Waals surface area contributed by atoms with Crippen molar-refractivity contribution in [2.75, 3.05) is 0 Å². The van der Waals surface area contributed by atoms with E-state index in [1.54, 1.807) is 0 Å². The van der Waals surface area contributed by atoms with Crippen LogP contribution in [0.3, 0.4) is 0 Å². The van der Waals surface area contributed by atoms with Crippen LogP contribution >= 0.6 is 11.3 Å². The van der Waals surface area contributed by atoms with Crippen molar-refractivity contribution in [2.45, 2.75) is 59.5 Å². The number of hydrogen-bond donors (Lipinski definition) is 1. The van der Waals surface area contributed by atoms with Crippen LogP contribution in [0, 0.1) is 25.7 Å². The van der Waals surface area contributed by atoms with Crippen LogP contribution in [0.25, 0.3) is 0 Å². The van der Waals surface area contributed by atoms with Crippen molar-refractivity contribution in [1.82, 2.24) is 5.32 Å². The number of nitrogens with one attached hydrogen (secondary N) is 1. The topological polar surface area (TPSA) is 12.0 Å². The zero-order valence-corrected chi connectivity index (χ0v) is 12.4. The van der Waals surface area contributed by atoms with Gasteiger partial charge in [-0.3, -0.25) is 0 Å². The molecule has 0 radical (unpaired) electrons. The van der Waals surface area contributed by atoms with Gasteiger partial charge in [0.2, 0.25) is 0 Å². The van der Waals surface area contributed by atoms with E-state index >= 15 is 0 Å². The third-order valence-corrected chi connectivity index (χ3v) is 5.14. The van der Waals surface area contributed by atoms with E-state index in [2.05, 4.69) is 39.1 Å². The first-order chi connectivity index (χ1) is 8.06. The second kappa shape index (κ2) is 5.53. The van der Waals surface area contributed by atoms with Gasteiger partial charge in [-0.2, -0.15) is 0 Å². The van der Waals surface area contributed by atoms with Crippen molar-refractivity contribution in [3.05, 3.63) is 21.4 Å². The smallest absolute Gasteiger partial charge is 0.0219 e. The molecular weight excluding hydrogens is 226 g/mol. The van der Waals surface area contributed by atoms with E-state index in [-0.39, 0.29) is 0 Å². The lowest BCUT2D eigenvalue weighted by Gasteiger charge is -2.33. The summed E-state index contributed by atoms with van der Waals surface area (Å²) in [5.74, 6) is 1.76. The Labute approximate surface area is 110 Å². The standard InChI is InChI=1S/C15H25NS/c1-10-5-6-15(11(2)7-10)16-9-14-8-12(3)17-13(14)4/h8,10-11,15-16H,5-7,9H2,1-4H3. The summed E-state index contributed by atoms with van der Waals surface area (Å²) >= 11 is 1.92. The molecule has 0 aromatic carbocycles. The fraction of sp³-hybridized carbons (Fsp3) is 0.733. The third kappa shape index (κ3) is 3.32. The average Bonchev–Trinajstić information content (AvgIpc) is 2.56. The number of hydrogen-bond acceptors (Lipinski definition) is 2. The Morgan fingerprint density at radius 3 is 2.65 bits per heavy atom. The molecule has 1 heterocycles. The first-order valence-electron chi connectivity index (χ1n) is 6.85. The van der Waals surface area contributed by atoms with E-state index < -0.39 is 0 Å². The Bertz CT molecular complexity index is 369. The van der Waals surface area contributed by atoms with Gasteiger partial charge in [0.15, 0.2) is 0 Å². The van der Waals surface area contributed by atoms with Gasteiger partial charge in [0, 0.05) is 22.3 Å². The molecule has 1 N–H and O–H groups in total. The summed E-state index contributed by atoms with van der Waals surface area (Å²) in [6.45, 7) is 10.3. The van der Waals surface area contributed by atoms with E-state index in [1.165, 1.54) is 34.6 Å². The summed E-state index contributed by atoms with van der Waals surface area (Å²) in [5.41, 5.74) is 1.50. The summed E-state index contributed by atoms with van der Waals surface area (Å²) in [7, 11) is 0. The number of thiophene rings is 1. The predicted molar refractivity (Wildman–Crippen MR) is 76.6 cm³/mol. The molecule has 1 fully saturated rings. The van der Waals surface area contributed by atoms with Gasteiger partial charge >= 0.3 is 0 Å². The van der Waals surface area contributed by atoms with Crippen LogP contribution < -0.4 is 5.32 Å². The summed E-state index contributed by atoms with van der Waals surface area (Å²) in [4.78, 5) is 2.91. The van der Waals surface area contributed by atoms with Gasteiger partial charge in [0.25, 0.3) is 0 Å². The molecule has 0 spiro atoms. The van der Waals surface area contributed by atoms with Crippen LogP contribution in [0.4, 0.5) is 0 Å². The van der Waals surface area contributed by atoms with Crippen molar-refractivity contribution < 1.29 is 0 Å². The zero-order valence-electron chi connectivity index (χ0n) is 11.5. The van der Waals surface area contributed by atoms with Gasteiger partial charge in [-0.15, -0.1) is 11.3 Å². The molecule has 0 amide bonds. The first kappa shape index (κ1) is 13.1. The van der Waals surface area contributed by atoms with Gasteiger partial charge < -0.3 is 5.32 Å². The molecule has 0 bridgehead atoms. The highest BCUT2D eigenvalue weighted by Gasteiger charge is 2.24. The normalized spacial score (nSPS) is 29.5. The highest BCUT2D eigenvalue weighted by atomic mass is 32.1. The van der Waals surface area contributed by atoms with E-state index in [0.29, 0.717) is 0 Å². The van der Waals surface area contributed by atoms with E-state index in [9.17, 15) is 0 Å². The summed E-state index contributed by atoms with van der Waals surface area (Å²) < 4.78 is 0. The lowest BCUT2D eigenvalue weighted by Crippen LogP contribution is -2.38. The molecule has 1 aromatic rings. The van der Waals surface area contributed by atoms with Crippen LogP contribution in [0.1, 0.15) is 48.4 Å². The number of rotatable bonds is 3. The molecule has 0 saturated heterocycles. The van der Waals surface area contributed by atoms with Gasteiger partial charge in [0.1, 0.15) is 0 Å². The van der Waals surface area contributed by atoms with Crippen LogP contribution in [-0.2, 0) is 6.54 Å². The molecule has 1 aliphatic carbocycles. The van der Waals surface area contributed by atoms with Crippen molar-refractivity contribution in [3.63, 3.8) is 0 Å². The van der Waals surface area contributed by atoms with Crippen LogP contribution in [-0.4, -0.2) is 6.04 Å². The fourth-order valence-electron chi connectivity index (χ4n) is 3.07. The van der Waals surface area contributed by atoms with Gasteiger partial charge in [-0.1, -0.05) is 13.8 Å². The van der Waals surface area contributed by atoms with E-state index in [0.717, 1.165) is 24.4 Å². The maximum Gasteiger partial charge on any atom is 0.0219 e. The zero-order chi connectivity index (χ0) is 12.4. The van der Waals surface area contributed by atoms with E-state index in [1.807, 2.05) is 11.3 Å². The van der Waals surface area contributed by atoms with Crippen molar-refractivity contribution >= 4 is 11.3 Å². The molecule has 3 unspecified atom stereocenters. The predicted octanol–water partition coefficient (Wildman–Crippen LogP) is 4.28. The molecule has 1 aromatic heterocycles. The van der Waals surface area contributed by atoms with E-state index in [4.69, 9.17) is 0 Å². The molecule has 3 atom stereocenters. The van der Waals surface area contributed by atoms with Crippen LogP contribution in [0.15, 0.2) is 6.07 Å². The molecule has 17 heavy (non-hydrogen) atoms. The molecule has 1 saturated carbocycles. The monoisotopic (exact) mass is 251 g/mol. The molecule has 96 valence electrons. The van der Waals surface area contributed by atoms with Gasteiger partial charge in [-0.05, 0) is 56.6 Å². The van der Waals surface area contributed by atoms with Crippen LogP contribution in [0.5, 0.6) is 0 Å². The van der Waals surface area contributed by atoms with Crippen LogP contribution in [0.2, 0.25) is 0 Å². The van der Waals surface area contributed by atoms with Gasteiger partial charge in [0.05, 0.1) is 0 Å². The molecule has 2 heteroatoms. The molecular formula is C15H25NS. The summed E-state index contributed by atoms with van der Waals surface area (Å²) in [6.07, 6.45) is 4.13. The minimum Gasteiger partial charge on any atom is -0.310 e. The molecule has 2 rings (SSSR count). The maximum absolute atomic E-state index is 3.77. The minimum atomic E-state index is 0.728. The van der Waals surface area contributed by atoms with Crippen molar-refractivity contribution in [2.24, 2.45) is 11.8 Å². The molecule has 1 aliphatic rings. The molecule has 0 aliphatic heterocycles. The Balaban J connectivity index is 1.88. The summed E-state index contributed by atoms with van der Waals surface area (Å²) in [5, 5.41) is 3.77. The van der Waals surface area contributed by atoms with Gasteiger partial charge in [-0.25, -0.2) is 0 Å². The number of aryl methyl sites for hydroxylation is 2. The Kier molecular flexibility index (Phi) is 4.26. The highest BCUT2D eigenvalue weighted by Crippen LogP contribution is 2.29. The second-order valence-corrected chi connectivity index (χ2v) is 7.28. The highest BCUT2D eigenvalue weighted by molar-refractivity contribution is 7.12. The lowest BCUT2D eigenvalue weighted by molar-refractivity contribution is 0.227. The van der Waals surface area contributed by atoms with Crippen molar-refractivity contribution in [3.8, 4) is 0 Å². The Morgan fingerprint density at radius 2 is 2.06 bits per heavy atom. The largest absolute Gasteiger partial charge is 0.310 e. The maximum atomic E-state index is 3.77. The fourth-order valence-corrected chi connectivity index (χ4v) is 4.02.